The van der Waals surface area contributed by atoms with E-state index >= 15 is 0 Å². The summed E-state index contributed by atoms with van der Waals surface area (Å²) in [4.78, 5) is 27.7. The Hall–Kier alpha value is -4.21. The molecule has 1 N–H and O–H groups in total. The zero-order chi connectivity index (χ0) is 25.9. The largest absolute Gasteiger partial charge is 0.346 e. The molecule has 11 nitrogen and oxygen atoms in total. The topological polar surface area (TPSA) is 142 Å². The van der Waals surface area contributed by atoms with Crippen LogP contribution in [0.4, 0.5) is 5.82 Å². The molecule has 186 valence electrons. The maximum Gasteiger partial charge on any atom is 0.284 e. The van der Waals surface area contributed by atoms with Crippen LogP contribution in [-0.4, -0.2) is 50.4 Å². The number of fused-ring (bicyclic) bond motifs is 2. The first-order valence-corrected chi connectivity index (χ1v) is 13.6. The Balaban J connectivity index is 1.62. The molecule has 6 rings (SSSR count). The lowest BCUT2D eigenvalue weighted by atomic mass is 10.1. The second-order valence-corrected chi connectivity index (χ2v) is 11.2. The van der Waals surface area contributed by atoms with Gasteiger partial charge in [0.1, 0.15) is 29.4 Å². The number of halogens is 1. The lowest BCUT2D eigenvalue weighted by Gasteiger charge is -2.27. The van der Waals surface area contributed by atoms with Crippen LogP contribution in [0.15, 0.2) is 58.7 Å². The molecule has 4 aromatic heterocycles. The first kappa shape index (κ1) is 23.2. The van der Waals surface area contributed by atoms with Crippen LogP contribution in [0.3, 0.4) is 0 Å². The van der Waals surface area contributed by atoms with Crippen molar-refractivity contribution in [3.05, 3.63) is 75.8 Å². The monoisotopic (exact) mass is 534 g/mol. The van der Waals surface area contributed by atoms with Crippen LogP contribution in [0, 0.1) is 11.3 Å². The van der Waals surface area contributed by atoms with Gasteiger partial charge in [0.05, 0.1) is 32.6 Å². The van der Waals surface area contributed by atoms with Gasteiger partial charge in [-0.25, -0.2) is 22.9 Å². The lowest BCUT2D eigenvalue weighted by Crippen LogP contribution is -2.33. The van der Waals surface area contributed by atoms with Crippen LogP contribution < -0.4 is 10.5 Å². The van der Waals surface area contributed by atoms with Gasteiger partial charge in [-0.05, 0) is 37.1 Å². The van der Waals surface area contributed by atoms with E-state index in [0.29, 0.717) is 46.9 Å². The summed E-state index contributed by atoms with van der Waals surface area (Å²) >= 11 is 6.33. The van der Waals surface area contributed by atoms with Crippen molar-refractivity contribution < 1.29 is 8.42 Å². The van der Waals surface area contributed by atoms with E-state index in [1.807, 2.05) is 4.90 Å². The Labute approximate surface area is 215 Å². The molecular formula is C24H19ClN8O3S. The van der Waals surface area contributed by atoms with Crippen LogP contribution in [0.1, 0.15) is 30.3 Å². The smallest absolute Gasteiger partial charge is 0.284 e. The van der Waals surface area contributed by atoms with Gasteiger partial charge in [-0.15, -0.1) is 0 Å². The van der Waals surface area contributed by atoms with Crippen molar-refractivity contribution in [1.29, 1.82) is 5.26 Å². The fourth-order valence-corrected chi connectivity index (χ4v) is 5.79. The normalized spacial score (nSPS) is 16.0. The summed E-state index contributed by atoms with van der Waals surface area (Å²) in [6.45, 7) is 0.608. The summed E-state index contributed by atoms with van der Waals surface area (Å²) < 4.78 is 27.4. The van der Waals surface area contributed by atoms with E-state index in [4.69, 9.17) is 16.7 Å². The van der Waals surface area contributed by atoms with Crippen molar-refractivity contribution in [2.24, 2.45) is 0 Å². The van der Waals surface area contributed by atoms with Gasteiger partial charge in [-0.1, -0.05) is 17.7 Å². The van der Waals surface area contributed by atoms with E-state index in [1.54, 1.807) is 30.6 Å². The summed E-state index contributed by atoms with van der Waals surface area (Å²) in [6, 6.07) is 9.55. The zero-order valence-electron chi connectivity index (χ0n) is 19.5. The number of nitrogens with zero attached hydrogens (tertiary/aromatic N) is 7. The van der Waals surface area contributed by atoms with Crippen molar-refractivity contribution in [2.45, 2.75) is 23.8 Å². The predicted molar refractivity (Wildman–Crippen MR) is 137 cm³/mol. The molecule has 1 saturated heterocycles. The highest BCUT2D eigenvalue weighted by atomic mass is 35.5. The molecule has 0 unspecified atom stereocenters. The number of aromatic amines is 1. The number of nitriles is 1. The highest BCUT2D eigenvalue weighted by Crippen LogP contribution is 2.38. The molecule has 0 saturated carbocycles. The van der Waals surface area contributed by atoms with Gasteiger partial charge in [0.25, 0.3) is 5.56 Å². The van der Waals surface area contributed by atoms with Gasteiger partial charge in [0.2, 0.25) is 0 Å². The van der Waals surface area contributed by atoms with Crippen molar-refractivity contribution in [3.63, 3.8) is 0 Å². The van der Waals surface area contributed by atoms with Crippen LogP contribution in [0.5, 0.6) is 0 Å². The molecule has 37 heavy (non-hydrogen) atoms. The summed E-state index contributed by atoms with van der Waals surface area (Å²) in [5.74, 6) is 0.954. The van der Waals surface area contributed by atoms with E-state index < -0.39 is 21.4 Å². The van der Waals surface area contributed by atoms with Crippen molar-refractivity contribution in [2.75, 3.05) is 17.7 Å². The van der Waals surface area contributed by atoms with E-state index in [1.165, 1.54) is 27.5 Å². The quantitative estimate of drug-likeness (QED) is 0.371. The van der Waals surface area contributed by atoms with E-state index in [2.05, 4.69) is 21.0 Å². The third kappa shape index (κ3) is 3.66. The number of hydrogen-bond acceptors (Lipinski definition) is 8. The molecule has 1 atom stereocenters. The fraction of sp³-hybridized carbons (Fsp3) is 0.208. The molecule has 1 aliphatic rings. The first-order valence-electron chi connectivity index (χ1n) is 11.4. The third-order valence-corrected chi connectivity index (χ3v) is 7.97. The van der Waals surface area contributed by atoms with Gasteiger partial charge < -0.3 is 9.88 Å². The van der Waals surface area contributed by atoms with Gasteiger partial charge >= 0.3 is 0 Å². The Morgan fingerprint density at radius 2 is 2.08 bits per heavy atom. The number of hydrogen-bond donors (Lipinski definition) is 1. The van der Waals surface area contributed by atoms with Gasteiger partial charge in [0.15, 0.2) is 15.7 Å². The Bertz CT molecular complexity index is 1920. The molecule has 1 aliphatic heterocycles. The summed E-state index contributed by atoms with van der Waals surface area (Å²) in [5, 5.41) is 15.3. The molecule has 0 spiro atoms. The van der Waals surface area contributed by atoms with Crippen LogP contribution in [-0.2, 0) is 9.84 Å². The van der Waals surface area contributed by atoms with Crippen LogP contribution >= 0.6 is 11.6 Å². The fourth-order valence-electron chi connectivity index (χ4n) is 4.91. The Morgan fingerprint density at radius 3 is 2.86 bits per heavy atom. The maximum atomic E-state index is 13.8. The maximum absolute atomic E-state index is 13.8. The molecule has 1 fully saturated rings. The minimum absolute atomic E-state index is 0.0796. The second-order valence-electron chi connectivity index (χ2n) is 8.81. The van der Waals surface area contributed by atoms with E-state index in [-0.39, 0.29) is 15.4 Å². The van der Waals surface area contributed by atoms with Crippen molar-refractivity contribution in [1.82, 2.24) is 29.1 Å². The number of sulfone groups is 1. The molecule has 0 aliphatic carbocycles. The number of nitrogens with one attached hydrogen (secondary N) is 1. The Kier molecular flexibility index (Phi) is 5.29. The molecule has 0 amide bonds. The average Bonchev–Trinajstić information content (AvgIpc) is 3.61. The summed E-state index contributed by atoms with van der Waals surface area (Å²) in [7, 11) is -3.53. The first-order chi connectivity index (χ1) is 17.8. The van der Waals surface area contributed by atoms with Gasteiger partial charge in [-0.3, -0.25) is 9.36 Å². The lowest BCUT2D eigenvalue weighted by molar-refractivity contribution is 0.598. The average molecular weight is 535 g/mol. The number of aromatic nitrogens is 6. The predicted octanol–water partition coefficient (Wildman–Crippen LogP) is 3.03. The molecule has 5 aromatic rings. The number of anilines is 1. The summed E-state index contributed by atoms with van der Waals surface area (Å²) in [6.07, 6.45) is 7.18. The molecule has 5 heterocycles. The Morgan fingerprint density at radius 1 is 1.24 bits per heavy atom. The highest BCUT2D eigenvalue weighted by Gasteiger charge is 2.34. The molecule has 13 heteroatoms. The zero-order valence-corrected chi connectivity index (χ0v) is 21.0. The minimum Gasteiger partial charge on any atom is -0.346 e. The van der Waals surface area contributed by atoms with Crippen molar-refractivity contribution >= 4 is 43.8 Å². The number of rotatable bonds is 4. The molecular weight excluding hydrogens is 516 g/mol. The minimum atomic E-state index is -3.53. The third-order valence-electron chi connectivity index (χ3n) is 6.56. The van der Waals surface area contributed by atoms with Crippen LogP contribution in [0.2, 0.25) is 5.02 Å². The second kappa shape index (κ2) is 8.43. The highest BCUT2D eigenvalue weighted by molar-refractivity contribution is 7.90. The number of H-pyrrole nitrogens is 1. The SMILES string of the molecule is CS(=O)(=O)c1cccc(-n2c([C@@H]3CCCN3c3ncnc4[nH]cc(C#N)c34)nn3ccc(Cl)c3c2=O)c1. The molecule has 0 bridgehead atoms. The van der Waals surface area contributed by atoms with Gasteiger partial charge in [0, 0.05) is 25.2 Å². The standard InChI is InChI=1S/C24H19ClN8O3S/c1-37(35,36)16-5-2-4-15(10-16)33-22(30-32-9-7-17(25)20(32)24(33)34)18-6-3-8-31(18)23-19-14(11-26)12-27-21(19)28-13-29-23/h2,4-5,7,9-10,12-13,18H,3,6,8H2,1H3,(H,27,28,29)/t18-/m0/s1. The van der Waals surface area contributed by atoms with E-state index in [9.17, 15) is 18.5 Å². The molecule has 0 radical (unpaired) electrons. The van der Waals surface area contributed by atoms with Crippen molar-refractivity contribution in [3.8, 4) is 11.8 Å². The molecule has 1 aromatic carbocycles. The van der Waals surface area contributed by atoms with Crippen LogP contribution in [0.25, 0.3) is 22.2 Å². The van der Waals surface area contributed by atoms with E-state index in [0.717, 1.165) is 12.7 Å². The summed E-state index contributed by atoms with van der Waals surface area (Å²) in [5.41, 5.74) is 1.06. The number of benzene rings is 1. The van der Waals surface area contributed by atoms with Gasteiger partial charge in [-0.2, -0.15) is 10.4 Å².